The molecule has 0 unspecified atom stereocenters. The molecule has 37 heavy (non-hydrogen) atoms. The van der Waals surface area contributed by atoms with Crippen molar-refractivity contribution in [2.75, 3.05) is 23.8 Å². The summed E-state index contributed by atoms with van der Waals surface area (Å²) in [7, 11) is 0. The molecule has 0 aliphatic heterocycles. The monoisotopic (exact) mass is 524 g/mol. The Labute approximate surface area is 218 Å². The van der Waals surface area contributed by atoms with Gasteiger partial charge in [-0.05, 0) is 67.6 Å². The van der Waals surface area contributed by atoms with E-state index in [1.54, 1.807) is 55.5 Å². The Bertz CT molecular complexity index is 1240. The van der Waals surface area contributed by atoms with E-state index in [4.69, 9.17) is 25.8 Å². The van der Waals surface area contributed by atoms with Crippen LogP contribution >= 0.6 is 11.6 Å². The van der Waals surface area contributed by atoms with Crippen LogP contribution < -0.4 is 15.4 Å². The van der Waals surface area contributed by atoms with E-state index < -0.39 is 24.5 Å². The van der Waals surface area contributed by atoms with Crippen molar-refractivity contribution in [1.29, 1.82) is 0 Å². The molecular formula is C27H25ClN2O7. The summed E-state index contributed by atoms with van der Waals surface area (Å²) in [6.45, 7) is 1.46. The molecule has 3 aromatic carbocycles. The molecule has 0 radical (unpaired) electrons. The maximum absolute atomic E-state index is 12.2. The predicted octanol–water partition coefficient (Wildman–Crippen LogP) is 5.21. The fourth-order valence-electron chi connectivity index (χ4n) is 3.02. The zero-order valence-corrected chi connectivity index (χ0v) is 20.7. The summed E-state index contributed by atoms with van der Waals surface area (Å²) in [6, 6.07) is 19.8. The molecule has 2 amide bonds. The van der Waals surface area contributed by atoms with Crippen molar-refractivity contribution in [2.45, 2.75) is 19.8 Å². The summed E-state index contributed by atoms with van der Waals surface area (Å²) in [5, 5.41) is 5.71. The molecule has 0 atom stereocenters. The van der Waals surface area contributed by atoms with Crippen LogP contribution in [0.4, 0.5) is 11.4 Å². The Morgan fingerprint density at radius 1 is 0.757 bits per heavy atom. The number of esters is 2. The summed E-state index contributed by atoms with van der Waals surface area (Å²) in [5.74, 6) is -1.03. The minimum Gasteiger partial charge on any atom is -0.462 e. The molecule has 0 saturated carbocycles. The molecule has 3 rings (SSSR count). The molecule has 0 aliphatic carbocycles. The third-order valence-corrected chi connectivity index (χ3v) is 5.12. The number of para-hydroxylation sites is 1. The van der Waals surface area contributed by atoms with Crippen LogP contribution in [0.3, 0.4) is 0 Å². The van der Waals surface area contributed by atoms with Crippen molar-refractivity contribution in [2.24, 2.45) is 0 Å². The second-order valence-corrected chi connectivity index (χ2v) is 8.02. The van der Waals surface area contributed by atoms with Gasteiger partial charge in [-0.2, -0.15) is 0 Å². The lowest BCUT2D eigenvalue weighted by molar-refractivity contribution is -0.147. The topological polar surface area (TPSA) is 120 Å². The van der Waals surface area contributed by atoms with Crippen molar-refractivity contribution < 1.29 is 33.4 Å². The van der Waals surface area contributed by atoms with E-state index in [0.29, 0.717) is 33.5 Å². The highest BCUT2D eigenvalue weighted by Crippen LogP contribution is 2.29. The first-order chi connectivity index (χ1) is 17.8. The molecule has 10 heteroatoms. The Balaban J connectivity index is 1.36. The van der Waals surface area contributed by atoms with Crippen LogP contribution in [0.2, 0.25) is 5.02 Å². The van der Waals surface area contributed by atoms with Crippen LogP contribution in [0.5, 0.6) is 11.5 Å². The van der Waals surface area contributed by atoms with Crippen molar-refractivity contribution in [1.82, 2.24) is 0 Å². The van der Waals surface area contributed by atoms with E-state index >= 15 is 0 Å². The smallest absolute Gasteiger partial charge is 0.338 e. The van der Waals surface area contributed by atoms with Gasteiger partial charge in [-0.1, -0.05) is 23.7 Å². The number of amides is 2. The molecule has 0 heterocycles. The van der Waals surface area contributed by atoms with Crippen molar-refractivity contribution in [3.05, 3.63) is 83.4 Å². The number of carbonyl (C=O) groups is 4. The third kappa shape index (κ3) is 8.97. The van der Waals surface area contributed by atoms with Crippen molar-refractivity contribution >= 4 is 46.7 Å². The van der Waals surface area contributed by atoms with Gasteiger partial charge in [-0.3, -0.25) is 14.4 Å². The van der Waals surface area contributed by atoms with Gasteiger partial charge in [0.25, 0.3) is 5.91 Å². The Hall–Kier alpha value is -4.37. The van der Waals surface area contributed by atoms with Gasteiger partial charge in [0.1, 0.15) is 11.5 Å². The Morgan fingerprint density at radius 3 is 2.03 bits per heavy atom. The summed E-state index contributed by atoms with van der Waals surface area (Å²) in [5.41, 5.74) is 1.31. The summed E-state index contributed by atoms with van der Waals surface area (Å²) in [4.78, 5) is 47.7. The van der Waals surface area contributed by atoms with Gasteiger partial charge in [0.2, 0.25) is 5.91 Å². The predicted molar refractivity (Wildman–Crippen MR) is 138 cm³/mol. The molecule has 0 bridgehead atoms. The zero-order valence-electron chi connectivity index (χ0n) is 20.0. The second kappa shape index (κ2) is 13.6. The molecule has 0 aromatic heterocycles. The number of benzene rings is 3. The van der Waals surface area contributed by atoms with Gasteiger partial charge in [0.05, 0.1) is 23.6 Å². The average molecular weight is 525 g/mol. The summed E-state index contributed by atoms with van der Waals surface area (Å²) >= 11 is 6.08. The molecule has 3 aromatic rings. The fraction of sp³-hybridized carbons (Fsp3) is 0.185. The first-order valence-electron chi connectivity index (χ1n) is 11.4. The quantitative estimate of drug-likeness (QED) is 0.330. The van der Waals surface area contributed by atoms with E-state index in [2.05, 4.69) is 10.6 Å². The van der Waals surface area contributed by atoms with Crippen LogP contribution in [0, 0.1) is 0 Å². The van der Waals surface area contributed by atoms with Crippen molar-refractivity contribution in [3.8, 4) is 11.5 Å². The highest BCUT2D eigenvalue weighted by atomic mass is 35.5. The van der Waals surface area contributed by atoms with Crippen LogP contribution in [-0.4, -0.2) is 37.0 Å². The van der Waals surface area contributed by atoms with Gasteiger partial charge in [-0.15, -0.1) is 0 Å². The zero-order chi connectivity index (χ0) is 26.6. The van der Waals surface area contributed by atoms with Crippen molar-refractivity contribution in [3.63, 3.8) is 0 Å². The molecule has 2 N–H and O–H groups in total. The largest absolute Gasteiger partial charge is 0.462 e. The summed E-state index contributed by atoms with van der Waals surface area (Å²) in [6.07, 6.45) is -0.311. The van der Waals surface area contributed by atoms with Gasteiger partial charge in [0, 0.05) is 17.8 Å². The molecule has 0 saturated heterocycles. The van der Waals surface area contributed by atoms with Gasteiger partial charge in [-0.25, -0.2) is 4.79 Å². The maximum atomic E-state index is 12.2. The van der Waals surface area contributed by atoms with Crippen LogP contribution in [-0.2, 0) is 23.9 Å². The maximum Gasteiger partial charge on any atom is 0.338 e. The first-order valence-corrected chi connectivity index (χ1v) is 11.8. The molecular weight excluding hydrogens is 500 g/mol. The van der Waals surface area contributed by atoms with Gasteiger partial charge in [0.15, 0.2) is 6.61 Å². The number of nitrogens with one attached hydrogen (secondary N) is 2. The van der Waals surface area contributed by atoms with Crippen LogP contribution in [0.1, 0.15) is 30.1 Å². The Kier molecular flexibility index (Phi) is 10.0. The number of carbonyl (C=O) groups excluding carboxylic acids is 4. The number of halogens is 1. The highest BCUT2D eigenvalue weighted by Gasteiger charge is 2.12. The second-order valence-electron chi connectivity index (χ2n) is 7.61. The number of ether oxygens (including phenoxy) is 3. The van der Waals surface area contributed by atoms with Crippen LogP contribution in [0.25, 0.3) is 0 Å². The normalized spacial score (nSPS) is 10.2. The molecule has 192 valence electrons. The lowest BCUT2D eigenvalue weighted by Gasteiger charge is -2.09. The molecule has 0 spiro atoms. The lowest BCUT2D eigenvalue weighted by atomic mass is 10.2. The number of anilines is 2. The Morgan fingerprint density at radius 2 is 1.38 bits per heavy atom. The number of hydrogen-bond acceptors (Lipinski definition) is 7. The minimum atomic E-state index is -0.688. The SMILES string of the molecule is CCOC(=O)c1ccc(NC(=O)COC(=O)CCC(=O)Nc2ccc(Oc3ccccc3Cl)cc2)cc1. The molecule has 9 nitrogen and oxygen atoms in total. The van der Waals surface area contributed by atoms with Crippen LogP contribution in [0.15, 0.2) is 72.8 Å². The summed E-state index contributed by atoms with van der Waals surface area (Å²) < 4.78 is 15.5. The van der Waals surface area contributed by atoms with Gasteiger partial charge >= 0.3 is 11.9 Å². The standard InChI is InChI=1S/C27H25ClN2O7/c1-2-35-27(34)18-7-9-19(10-8-18)30-25(32)17-36-26(33)16-15-24(31)29-20-11-13-21(14-12-20)37-23-6-4-3-5-22(23)28/h3-14H,2,15-17H2,1H3,(H,29,31)(H,30,32). The van der Waals surface area contributed by atoms with E-state index in [1.165, 1.54) is 24.3 Å². The molecule has 0 aliphatic rings. The number of hydrogen-bond donors (Lipinski definition) is 2. The minimum absolute atomic E-state index is 0.117. The lowest BCUT2D eigenvalue weighted by Crippen LogP contribution is -2.21. The van der Waals surface area contributed by atoms with Gasteiger partial charge < -0.3 is 24.8 Å². The number of rotatable bonds is 11. The van der Waals surface area contributed by atoms with E-state index in [9.17, 15) is 19.2 Å². The van der Waals surface area contributed by atoms with E-state index in [1.807, 2.05) is 0 Å². The third-order valence-electron chi connectivity index (χ3n) is 4.80. The molecule has 0 fully saturated rings. The van der Waals surface area contributed by atoms with E-state index in [0.717, 1.165) is 0 Å². The van der Waals surface area contributed by atoms with E-state index in [-0.39, 0.29) is 25.4 Å². The highest BCUT2D eigenvalue weighted by molar-refractivity contribution is 6.32. The first kappa shape index (κ1) is 27.2. The fourth-order valence-corrected chi connectivity index (χ4v) is 3.19. The average Bonchev–Trinajstić information content (AvgIpc) is 2.89.